The van der Waals surface area contributed by atoms with E-state index in [0.29, 0.717) is 30.9 Å². The van der Waals surface area contributed by atoms with Gasteiger partial charge in [-0.1, -0.05) is 19.3 Å². The van der Waals surface area contributed by atoms with E-state index in [-0.39, 0.29) is 24.6 Å². The van der Waals surface area contributed by atoms with Gasteiger partial charge >= 0.3 is 6.18 Å². The Hall–Kier alpha value is -2.37. The third-order valence-electron chi connectivity index (χ3n) is 6.41. The molecule has 0 aromatic carbocycles. The van der Waals surface area contributed by atoms with Gasteiger partial charge in [0.25, 0.3) is 0 Å². The molecule has 2 aromatic rings. The third kappa shape index (κ3) is 4.46. The van der Waals surface area contributed by atoms with Gasteiger partial charge < -0.3 is 9.88 Å². The molecule has 0 spiro atoms. The number of aromatic nitrogens is 4. The maximum absolute atomic E-state index is 12.9. The maximum Gasteiger partial charge on any atom is 0.391 e. The van der Waals surface area contributed by atoms with Gasteiger partial charge in [0.2, 0.25) is 5.82 Å². The second kappa shape index (κ2) is 8.17. The van der Waals surface area contributed by atoms with Crippen LogP contribution in [0.5, 0.6) is 0 Å². The summed E-state index contributed by atoms with van der Waals surface area (Å²) < 4.78 is 40.7. The van der Waals surface area contributed by atoms with Gasteiger partial charge in [0.1, 0.15) is 11.6 Å². The third-order valence-corrected chi connectivity index (χ3v) is 6.41. The number of hydrogen-bond donors (Lipinski definition) is 1. The van der Waals surface area contributed by atoms with E-state index in [0.717, 1.165) is 24.4 Å². The number of imidazole rings is 1. The van der Waals surface area contributed by atoms with Crippen molar-refractivity contribution in [3.8, 4) is 6.07 Å². The minimum absolute atomic E-state index is 0.0691. The van der Waals surface area contributed by atoms with Gasteiger partial charge in [0, 0.05) is 13.1 Å². The van der Waals surface area contributed by atoms with E-state index in [1.54, 1.807) is 6.33 Å². The highest BCUT2D eigenvalue weighted by Crippen LogP contribution is 2.40. The predicted octanol–water partition coefficient (Wildman–Crippen LogP) is 4.67. The fourth-order valence-corrected chi connectivity index (χ4v) is 4.42. The van der Waals surface area contributed by atoms with Gasteiger partial charge in [-0.3, -0.25) is 0 Å². The van der Waals surface area contributed by atoms with Crippen LogP contribution in [0.3, 0.4) is 0 Å². The van der Waals surface area contributed by atoms with Gasteiger partial charge in [-0.2, -0.15) is 28.4 Å². The van der Waals surface area contributed by atoms with Crippen molar-refractivity contribution in [2.45, 2.75) is 64.1 Å². The number of nitrogens with one attached hydrogen (secondary N) is 1. The molecule has 0 atom stereocenters. The minimum atomic E-state index is -4.09. The topological polar surface area (TPSA) is 79.4 Å². The van der Waals surface area contributed by atoms with Crippen LogP contribution in [0.1, 0.15) is 57.2 Å². The first-order valence-electron chi connectivity index (χ1n) is 10.4. The Morgan fingerprint density at radius 2 is 1.86 bits per heavy atom. The molecule has 6 nitrogen and oxygen atoms in total. The van der Waals surface area contributed by atoms with E-state index in [1.165, 1.54) is 19.3 Å². The van der Waals surface area contributed by atoms with Crippen LogP contribution in [0.15, 0.2) is 6.33 Å². The van der Waals surface area contributed by atoms with Crippen LogP contribution < -0.4 is 5.32 Å². The molecule has 2 aliphatic carbocycles. The first-order chi connectivity index (χ1) is 13.9. The molecule has 156 valence electrons. The van der Waals surface area contributed by atoms with Crippen LogP contribution in [0.4, 0.5) is 19.0 Å². The van der Waals surface area contributed by atoms with E-state index in [9.17, 15) is 18.4 Å². The number of nitrogens with zero attached hydrogens (tertiary/aromatic N) is 5. The second-order valence-electron chi connectivity index (χ2n) is 8.35. The highest BCUT2D eigenvalue weighted by atomic mass is 19.4. The van der Waals surface area contributed by atoms with E-state index in [1.807, 2.05) is 10.6 Å². The predicted molar refractivity (Wildman–Crippen MR) is 102 cm³/mol. The number of halogens is 3. The molecule has 2 heterocycles. The van der Waals surface area contributed by atoms with Crippen LogP contribution in [0, 0.1) is 29.1 Å². The number of rotatable bonds is 6. The molecule has 9 heteroatoms. The summed E-state index contributed by atoms with van der Waals surface area (Å²) in [4.78, 5) is 12.8. The highest BCUT2D eigenvalue weighted by molar-refractivity contribution is 5.83. The quantitative estimate of drug-likeness (QED) is 0.754. The SMILES string of the molecule is N#Cc1nc(NCCC2CCC2)c2c(ncn2CC2CCC(C(F)(F)F)CC2)n1. The normalized spacial score (nSPS) is 23.0. The number of hydrogen-bond acceptors (Lipinski definition) is 5. The summed E-state index contributed by atoms with van der Waals surface area (Å²) in [6.45, 7) is 1.36. The van der Waals surface area contributed by atoms with E-state index in [4.69, 9.17) is 0 Å². The van der Waals surface area contributed by atoms with Crippen LogP contribution in [-0.4, -0.2) is 32.2 Å². The Morgan fingerprint density at radius 1 is 1.10 bits per heavy atom. The second-order valence-corrected chi connectivity index (χ2v) is 8.35. The van der Waals surface area contributed by atoms with Gasteiger partial charge in [-0.15, -0.1) is 0 Å². The summed E-state index contributed by atoms with van der Waals surface area (Å²) >= 11 is 0. The van der Waals surface area contributed by atoms with Crippen molar-refractivity contribution in [3.63, 3.8) is 0 Å². The number of fused-ring (bicyclic) bond motifs is 1. The lowest BCUT2D eigenvalue weighted by molar-refractivity contribution is -0.184. The van der Waals surface area contributed by atoms with Crippen LogP contribution in [0.25, 0.3) is 11.2 Å². The average molecular weight is 406 g/mol. The van der Waals surface area contributed by atoms with Crippen LogP contribution in [-0.2, 0) is 6.54 Å². The highest BCUT2D eigenvalue weighted by Gasteiger charge is 2.41. The average Bonchev–Trinajstić information content (AvgIpc) is 3.06. The Balaban J connectivity index is 1.48. The van der Waals surface area contributed by atoms with E-state index in [2.05, 4.69) is 20.3 Å². The summed E-state index contributed by atoms with van der Waals surface area (Å²) in [5.74, 6) is 0.406. The molecular formula is C20H25F3N6. The smallest absolute Gasteiger partial charge is 0.368 e. The molecule has 0 unspecified atom stereocenters. The van der Waals surface area contributed by atoms with Crippen molar-refractivity contribution in [2.24, 2.45) is 17.8 Å². The molecule has 0 radical (unpaired) electrons. The largest absolute Gasteiger partial charge is 0.391 e. The Bertz CT molecular complexity index is 888. The number of nitriles is 1. The van der Waals surface area contributed by atoms with Crippen molar-refractivity contribution in [1.82, 2.24) is 19.5 Å². The summed E-state index contributed by atoms with van der Waals surface area (Å²) in [6, 6.07) is 1.97. The molecule has 2 aliphatic rings. The Labute approximate surface area is 167 Å². The fraction of sp³-hybridized carbons (Fsp3) is 0.700. The van der Waals surface area contributed by atoms with Crippen molar-refractivity contribution >= 4 is 17.0 Å². The lowest BCUT2D eigenvalue weighted by Gasteiger charge is -2.30. The minimum Gasteiger partial charge on any atom is -0.368 e. The number of anilines is 1. The van der Waals surface area contributed by atoms with E-state index >= 15 is 0 Å². The summed E-state index contributed by atoms with van der Waals surface area (Å²) in [7, 11) is 0. The molecule has 0 saturated heterocycles. The molecule has 0 amide bonds. The molecule has 2 fully saturated rings. The molecule has 29 heavy (non-hydrogen) atoms. The Morgan fingerprint density at radius 3 is 2.48 bits per heavy atom. The molecule has 2 saturated carbocycles. The lowest BCUT2D eigenvalue weighted by Crippen LogP contribution is -2.29. The van der Waals surface area contributed by atoms with Crippen molar-refractivity contribution in [2.75, 3.05) is 11.9 Å². The number of alkyl halides is 3. The standard InChI is InChI=1S/C20H25F3N6/c21-20(22,23)15-6-4-14(5-7-15)11-29-12-26-19-17(29)18(27-16(10-24)28-19)25-9-8-13-2-1-3-13/h12-15H,1-9,11H2,(H,25,27,28). The van der Waals surface area contributed by atoms with E-state index < -0.39 is 12.1 Å². The Kier molecular flexibility index (Phi) is 5.61. The van der Waals surface area contributed by atoms with Crippen LogP contribution >= 0.6 is 0 Å². The first kappa shape index (κ1) is 19.9. The van der Waals surface area contributed by atoms with Crippen molar-refractivity contribution in [3.05, 3.63) is 12.2 Å². The molecule has 0 bridgehead atoms. The summed E-state index contributed by atoms with van der Waals surface area (Å²) in [5.41, 5.74) is 1.18. The molecule has 2 aromatic heterocycles. The molecule has 0 aliphatic heterocycles. The molecular weight excluding hydrogens is 381 g/mol. The summed E-state index contributed by atoms with van der Waals surface area (Å²) in [5, 5.41) is 12.6. The fourth-order valence-electron chi connectivity index (χ4n) is 4.42. The monoisotopic (exact) mass is 406 g/mol. The zero-order chi connectivity index (χ0) is 20.4. The first-order valence-corrected chi connectivity index (χ1v) is 10.4. The zero-order valence-electron chi connectivity index (χ0n) is 16.3. The van der Waals surface area contributed by atoms with Gasteiger partial charge in [0.15, 0.2) is 11.5 Å². The van der Waals surface area contributed by atoms with Crippen LogP contribution in [0.2, 0.25) is 0 Å². The molecule has 1 N–H and O–H groups in total. The summed E-state index contributed by atoms with van der Waals surface area (Å²) in [6.07, 6.45) is 3.92. The van der Waals surface area contributed by atoms with Gasteiger partial charge in [-0.25, -0.2) is 4.98 Å². The van der Waals surface area contributed by atoms with Crippen molar-refractivity contribution < 1.29 is 13.2 Å². The zero-order valence-corrected chi connectivity index (χ0v) is 16.3. The van der Waals surface area contributed by atoms with Gasteiger partial charge in [-0.05, 0) is 43.9 Å². The maximum atomic E-state index is 12.9. The van der Waals surface area contributed by atoms with Gasteiger partial charge in [0.05, 0.1) is 12.2 Å². The van der Waals surface area contributed by atoms with Crippen molar-refractivity contribution in [1.29, 1.82) is 5.26 Å². The lowest BCUT2D eigenvalue weighted by atomic mass is 9.81. The molecule has 4 rings (SSSR count).